The normalized spacial score (nSPS) is 14.8. The first-order valence-corrected chi connectivity index (χ1v) is 10.3. The second kappa shape index (κ2) is 8.49. The Morgan fingerprint density at radius 3 is 1.25 bits per heavy atom. The highest BCUT2D eigenvalue weighted by atomic mass is 19.4. The quantitative estimate of drug-likeness (QED) is 0.307. The lowest BCUT2D eigenvalue weighted by atomic mass is 10.2. The van der Waals surface area contributed by atoms with E-state index in [-0.39, 0.29) is 24.3 Å². The summed E-state index contributed by atoms with van der Waals surface area (Å²) < 4.78 is 163. The van der Waals surface area contributed by atoms with E-state index in [2.05, 4.69) is 29.9 Å². The van der Waals surface area contributed by atoms with E-state index in [4.69, 9.17) is 0 Å². The van der Waals surface area contributed by atoms with E-state index >= 15 is 0 Å². The number of aromatic amines is 2. The molecule has 0 saturated carbocycles. The van der Waals surface area contributed by atoms with Crippen LogP contribution in [0.25, 0.3) is 45.9 Å². The number of hydrogen-bond donors (Lipinski definition) is 2. The summed E-state index contributed by atoms with van der Waals surface area (Å²) in [6.45, 7) is 0. The van der Waals surface area contributed by atoms with Crippen LogP contribution in [0.1, 0.15) is 34.4 Å². The van der Waals surface area contributed by atoms with Crippen molar-refractivity contribution in [2.45, 2.75) is 24.7 Å². The van der Waals surface area contributed by atoms with Gasteiger partial charge in [0.25, 0.3) is 0 Å². The highest BCUT2D eigenvalue weighted by Gasteiger charge is 2.42. The van der Waals surface area contributed by atoms with Crippen LogP contribution in [0.5, 0.6) is 0 Å². The SMILES string of the molecule is FC(F)(F)C1=Cc2nc1nc1nc(nc3cc(C(F)(F)F)c(nc4cc(C(F)(F)F)c(n2)[nH]4)[nH]3)C(C(F)(F)F)=C1. The van der Waals surface area contributed by atoms with Crippen molar-refractivity contribution >= 4 is 45.9 Å². The van der Waals surface area contributed by atoms with Crippen LogP contribution in [-0.2, 0) is 12.4 Å². The van der Waals surface area contributed by atoms with Gasteiger partial charge in [-0.15, -0.1) is 0 Å². The molecule has 0 spiro atoms. The lowest BCUT2D eigenvalue weighted by molar-refractivity contribution is -0.137. The number of nitrogens with zero attached hydrogens (tertiary/aromatic N) is 6. The third kappa shape index (κ3) is 5.07. The zero-order valence-corrected chi connectivity index (χ0v) is 18.5. The predicted molar refractivity (Wildman–Crippen MR) is 110 cm³/mol. The summed E-state index contributed by atoms with van der Waals surface area (Å²) in [4.78, 5) is 24.2. The number of halogens is 12. The largest absolute Gasteiger partial charge is 0.420 e. The number of allylic oxidation sites excluding steroid dienone is 2. The molecule has 0 amide bonds. The van der Waals surface area contributed by atoms with Crippen LogP contribution in [0.3, 0.4) is 0 Å². The number of fused-ring (bicyclic) bond motifs is 8. The van der Waals surface area contributed by atoms with Gasteiger partial charge < -0.3 is 9.97 Å². The van der Waals surface area contributed by atoms with Crippen LogP contribution in [0, 0.1) is 0 Å². The van der Waals surface area contributed by atoms with Crippen molar-refractivity contribution < 1.29 is 52.7 Å². The highest BCUT2D eigenvalue weighted by Crippen LogP contribution is 2.39. The number of H-pyrrole nitrogens is 2. The van der Waals surface area contributed by atoms with Crippen molar-refractivity contribution in [2.75, 3.05) is 0 Å². The third-order valence-corrected chi connectivity index (χ3v) is 5.16. The Morgan fingerprint density at radius 2 is 0.825 bits per heavy atom. The summed E-state index contributed by atoms with van der Waals surface area (Å²) >= 11 is 0. The smallest absolute Gasteiger partial charge is 0.324 e. The molecule has 0 fully saturated rings. The standard InChI is InChI=1S/C20H6F12N8/c21-17(22,23)5-1-9-33-13(5)38-10-3-7(19(27,28)29)15(35-10)40-12-4-8(20(30,31)32)16(36-12)39-11-2-6(18(24,25)26)14(34-11)37-9/h1-4H,(H2,33,34,35,36,37,38,39,40). The fourth-order valence-corrected chi connectivity index (χ4v) is 3.54. The lowest BCUT2D eigenvalue weighted by Gasteiger charge is -2.05. The van der Waals surface area contributed by atoms with Crippen LogP contribution in [-0.4, -0.2) is 52.2 Å². The number of hydrogen-bond acceptors (Lipinski definition) is 6. The van der Waals surface area contributed by atoms with Crippen molar-refractivity contribution in [3.8, 4) is 0 Å². The van der Waals surface area contributed by atoms with Crippen LogP contribution in [0.2, 0.25) is 0 Å². The third-order valence-electron chi connectivity index (χ3n) is 5.16. The molecule has 0 aliphatic carbocycles. The minimum atomic E-state index is -5.23. The van der Waals surface area contributed by atoms with Crippen molar-refractivity contribution in [3.05, 3.63) is 46.6 Å². The van der Waals surface area contributed by atoms with Crippen molar-refractivity contribution in [1.29, 1.82) is 0 Å². The molecule has 8 bridgehead atoms. The Kier molecular flexibility index (Phi) is 5.74. The molecular weight excluding hydrogens is 580 g/mol. The van der Waals surface area contributed by atoms with Gasteiger partial charge in [-0.3, -0.25) is 0 Å². The molecule has 2 aliphatic rings. The van der Waals surface area contributed by atoms with Crippen LogP contribution in [0.15, 0.2) is 12.1 Å². The Labute approximate surface area is 210 Å². The van der Waals surface area contributed by atoms with Crippen molar-refractivity contribution in [2.24, 2.45) is 0 Å². The van der Waals surface area contributed by atoms with Gasteiger partial charge in [0.15, 0.2) is 23.3 Å². The molecule has 3 aromatic rings. The summed E-state index contributed by atoms with van der Waals surface area (Å²) in [5.41, 5.74) is -10.7. The Hall–Kier alpha value is -4.52. The minimum absolute atomic E-state index is 0.167. The fourth-order valence-electron chi connectivity index (χ4n) is 3.54. The van der Waals surface area contributed by atoms with Gasteiger partial charge in [0.05, 0.1) is 0 Å². The average Bonchev–Trinajstić information content (AvgIpc) is 3.53. The molecule has 2 aliphatic heterocycles. The monoisotopic (exact) mass is 586 g/mol. The zero-order chi connectivity index (χ0) is 29.4. The van der Waals surface area contributed by atoms with Crippen LogP contribution in [0.4, 0.5) is 52.7 Å². The first-order chi connectivity index (χ1) is 18.3. The molecule has 2 N–H and O–H groups in total. The van der Waals surface area contributed by atoms with E-state index in [0.29, 0.717) is 0 Å². The van der Waals surface area contributed by atoms with E-state index in [9.17, 15) is 52.7 Å². The van der Waals surface area contributed by atoms with Gasteiger partial charge in [-0.1, -0.05) is 0 Å². The molecule has 5 rings (SSSR count). The molecule has 210 valence electrons. The summed E-state index contributed by atoms with van der Waals surface area (Å²) in [6, 6.07) is 0.438. The average molecular weight is 586 g/mol. The van der Waals surface area contributed by atoms with Crippen LogP contribution >= 0.6 is 0 Å². The van der Waals surface area contributed by atoms with E-state index in [1.54, 1.807) is 0 Å². The minimum Gasteiger partial charge on any atom is -0.324 e. The van der Waals surface area contributed by atoms with E-state index < -0.39 is 92.9 Å². The number of aromatic nitrogens is 8. The van der Waals surface area contributed by atoms with Gasteiger partial charge in [0, 0.05) is 0 Å². The fraction of sp³-hybridized carbons (Fsp3) is 0.200. The Balaban J connectivity index is 1.96. The van der Waals surface area contributed by atoms with Crippen molar-refractivity contribution in [3.63, 3.8) is 0 Å². The molecule has 8 nitrogen and oxygen atoms in total. The van der Waals surface area contributed by atoms with Gasteiger partial charge in [-0.05, 0) is 24.3 Å². The van der Waals surface area contributed by atoms with Gasteiger partial charge in [-0.2, -0.15) is 52.7 Å². The molecule has 40 heavy (non-hydrogen) atoms. The van der Waals surface area contributed by atoms with Crippen LogP contribution < -0.4 is 0 Å². The lowest BCUT2D eigenvalue weighted by Crippen LogP contribution is -2.10. The van der Waals surface area contributed by atoms with Gasteiger partial charge in [0.2, 0.25) is 0 Å². The first-order valence-electron chi connectivity index (χ1n) is 10.3. The van der Waals surface area contributed by atoms with Gasteiger partial charge in [0.1, 0.15) is 44.9 Å². The topological polar surface area (TPSA) is 109 Å². The maximum Gasteiger partial charge on any atom is 0.420 e. The predicted octanol–water partition coefficient (Wildman–Crippen LogP) is 6.14. The molecule has 0 saturated heterocycles. The molecule has 5 heterocycles. The molecule has 0 atom stereocenters. The number of alkyl halides is 12. The molecule has 0 aromatic carbocycles. The molecule has 20 heteroatoms. The molecule has 0 radical (unpaired) electrons. The molecule has 3 aromatic heterocycles. The second-order valence-electron chi connectivity index (χ2n) is 7.98. The number of rotatable bonds is 0. The summed E-state index contributed by atoms with van der Waals surface area (Å²) in [6.07, 6.45) is -20.5. The van der Waals surface area contributed by atoms with E-state index in [1.807, 2.05) is 9.97 Å². The Bertz CT molecular complexity index is 1750. The maximum atomic E-state index is 13.6. The summed E-state index contributed by atoms with van der Waals surface area (Å²) in [5.74, 6) is -4.60. The van der Waals surface area contributed by atoms with E-state index in [0.717, 1.165) is 0 Å². The molecular formula is C20H6F12N8. The molecule has 0 unspecified atom stereocenters. The number of nitrogens with one attached hydrogen (secondary N) is 2. The Morgan fingerprint density at radius 1 is 0.450 bits per heavy atom. The zero-order valence-electron chi connectivity index (χ0n) is 18.5. The summed E-state index contributed by atoms with van der Waals surface area (Å²) in [7, 11) is 0. The van der Waals surface area contributed by atoms with E-state index in [1.165, 1.54) is 0 Å². The van der Waals surface area contributed by atoms with Gasteiger partial charge >= 0.3 is 24.7 Å². The van der Waals surface area contributed by atoms with Crippen molar-refractivity contribution in [1.82, 2.24) is 39.9 Å². The first kappa shape index (κ1) is 27.1. The second-order valence-corrected chi connectivity index (χ2v) is 7.98. The highest BCUT2D eigenvalue weighted by molar-refractivity contribution is 5.86. The summed E-state index contributed by atoms with van der Waals surface area (Å²) in [5, 5.41) is 0. The maximum absolute atomic E-state index is 13.6. The van der Waals surface area contributed by atoms with Gasteiger partial charge in [-0.25, -0.2) is 29.9 Å².